The fourth-order valence-electron chi connectivity index (χ4n) is 9.45. The van der Waals surface area contributed by atoms with E-state index in [9.17, 15) is 0 Å². The molecule has 0 saturated carbocycles. The van der Waals surface area contributed by atoms with Gasteiger partial charge in [0.05, 0.1) is 5.41 Å². The molecule has 290 valence electrons. The number of aryl methyl sites for hydroxylation is 1. The number of anilines is 6. The van der Waals surface area contributed by atoms with Gasteiger partial charge in [-0.3, -0.25) is 0 Å². The molecule has 1 aliphatic carbocycles. The third kappa shape index (κ3) is 6.28. The second kappa shape index (κ2) is 14.9. The van der Waals surface area contributed by atoms with Crippen molar-refractivity contribution in [3.63, 3.8) is 0 Å². The van der Waals surface area contributed by atoms with Crippen LogP contribution in [-0.2, 0) is 10.8 Å². The van der Waals surface area contributed by atoms with E-state index in [1.807, 2.05) is 0 Å². The molecule has 0 bridgehead atoms. The monoisotopic (exact) mass is 772 g/mol. The highest BCUT2D eigenvalue weighted by molar-refractivity contribution is 6.04. The van der Waals surface area contributed by atoms with E-state index in [0.717, 1.165) is 34.1 Å². The van der Waals surface area contributed by atoms with Gasteiger partial charge in [-0.1, -0.05) is 172 Å². The maximum atomic E-state index is 2.43. The van der Waals surface area contributed by atoms with Crippen LogP contribution < -0.4 is 9.80 Å². The summed E-state index contributed by atoms with van der Waals surface area (Å²) in [4.78, 5) is 4.67. The van der Waals surface area contributed by atoms with Gasteiger partial charge in [0.25, 0.3) is 0 Å². The van der Waals surface area contributed by atoms with Gasteiger partial charge < -0.3 is 9.80 Å². The van der Waals surface area contributed by atoms with E-state index in [2.05, 4.69) is 256 Å². The summed E-state index contributed by atoms with van der Waals surface area (Å²) < 4.78 is 0. The zero-order valence-corrected chi connectivity index (χ0v) is 34.7. The second-order valence-corrected chi connectivity index (χ2v) is 17.1. The predicted molar refractivity (Wildman–Crippen MR) is 254 cm³/mol. The quantitative estimate of drug-likeness (QED) is 0.152. The largest absolute Gasteiger partial charge is 0.311 e. The highest BCUT2D eigenvalue weighted by Crippen LogP contribution is 2.58. The number of hydrogen-bond acceptors (Lipinski definition) is 2. The molecule has 0 fully saturated rings. The van der Waals surface area contributed by atoms with Gasteiger partial charge in [0.2, 0.25) is 0 Å². The summed E-state index contributed by atoms with van der Waals surface area (Å²) in [5.41, 5.74) is 16.6. The van der Waals surface area contributed by atoms with Gasteiger partial charge in [-0.2, -0.15) is 0 Å². The number of benzene rings is 9. The van der Waals surface area contributed by atoms with E-state index in [4.69, 9.17) is 0 Å². The third-order valence-corrected chi connectivity index (χ3v) is 12.3. The predicted octanol–water partition coefficient (Wildman–Crippen LogP) is 15.7. The Morgan fingerprint density at radius 2 is 0.817 bits per heavy atom. The fourth-order valence-corrected chi connectivity index (χ4v) is 9.45. The van der Waals surface area contributed by atoms with E-state index >= 15 is 0 Å². The molecule has 0 heterocycles. The fraction of sp³-hybridized carbons (Fsp3) is 0.103. The average molecular weight is 773 g/mol. The molecule has 2 heteroatoms. The Morgan fingerprint density at radius 1 is 0.383 bits per heavy atom. The SMILES string of the molecule is Cc1ccc2c(c1)C(c1ccc(N(c3ccccc3)c3ccc(N(c4ccccc4)c4ccccc4)cc3)cc1)(c1ccc(C(C)(C)C)cc1)c1ccc3ccccc3c1-2. The maximum Gasteiger partial charge on any atom is 0.0713 e. The first-order chi connectivity index (χ1) is 29.3. The molecule has 60 heavy (non-hydrogen) atoms. The number of para-hydroxylation sites is 3. The smallest absolute Gasteiger partial charge is 0.0713 e. The number of nitrogens with zero attached hydrogens (tertiary/aromatic N) is 2. The van der Waals surface area contributed by atoms with Crippen LogP contribution in [-0.4, -0.2) is 0 Å². The Morgan fingerprint density at radius 3 is 1.32 bits per heavy atom. The number of fused-ring (bicyclic) bond motifs is 5. The molecule has 9 aromatic carbocycles. The third-order valence-electron chi connectivity index (χ3n) is 12.3. The van der Waals surface area contributed by atoms with E-state index in [-0.39, 0.29) is 5.41 Å². The average Bonchev–Trinajstić information content (AvgIpc) is 3.59. The minimum absolute atomic E-state index is 0.0477. The van der Waals surface area contributed by atoms with E-state index < -0.39 is 5.41 Å². The zero-order chi connectivity index (χ0) is 40.8. The Kier molecular flexibility index (Phi) is 9.22. The van der Waals surface area contributed by atoms with E-state index in [1.54, 1.807) is 0 Å². The van der Waals surface area contributed by atoms with E-state index in [0.29, 0.717) is 0 Å². The van der Waals surface area contributed by atoms with Crippen molar-refractivity contribution >= 4 is 44.9 Å². The molecule has 0 aromatic heterocycles. The van der Waals surface area contributed by atoms with Crippen molar-refractivity contribution in [3.8, 4) is 11.1 Å². The molecule has 0 saturated heterocycles. The van der Waals surface area contributed by atoms with Gasteiger partial charge in [0.1, 0.15) is 0 Å². The molecule has 0 aliphatic heterocycles. The maximum absolute atomic E-state index is 2.43. The van der Waals surface area contributed by atoms with Crippen LogP contribution in [0.5, 0.6) is 0 Å². The van der Waals surface area contributed by atoms with Crippen LogP contribution in [0, 0.1) is 6.92 Å². The molecule has 0 spiro atoms. The molecule has 1 atom stereocenters. The summed E-state index contributed by atoms with van der Waals surface area (Å²) in [6.45, 7) is 9.10. The molecule has 0 radical (unpaired) electrons. The van der Waals surface area contributed by atoms with Crippen molar-refractivity contribution in [2.45, 2.75) is 38.5 Å². The van der Waals surface area contributed by atoms with Gasteiger partial charge in [-0.15, -0.1) is 0 Å². The molecule has 10 rings (SSSR count). The van der Waals surface area contributed by atoms with Gasteiger partial charge in [-0.25, -0.2) is 0 Å². The minimum atomic E-state index is -0.521. The topological polar surface area (TPSA) is 6.48 Å². The number of hydrogen-bond donors (Lipinski definition) is 0. The van der Waals surface area contributed by atoms with E-state index in [1.165, 1.54) is 55.3 Å². The first kappa shape index (κ1) is 37.1. The normalized spacial score (nSPS) is 14.4. The van der Waals surface area contributed by atoms with Crippen molar-refractivity contribution < 1.29 is 0 Å². The molecule has 2 nitrogen and oxygen atoms in total. The van der Waals surface area contributed by atoms with Crippen molar-refractivity contribution in [2.24, 2.45) is 0 Å². The molecule has 0 amide bonds. The lowest BCUT2D eigenvalue weighted by Gasteiger charge is -2.35. The van der Waals surface area contributed by atoms with Gasteiger partial charge in [0, 0.05) is 34.1 Å². The summed E-state index contributed by atoms with van der Waals surface area (Å²) >= 11 is 0. The lowest BCUT2D eigenvalue weighted by Crippen LogP contribution is -2.29. The molecule has 9 aromatic rings. The summed E-state index contributed by atoms with van der Waals surface area (Å²) in [7, 11) is 0. The van der Waals surface area contributed by atoms with Crippen LogP contribution >= 0.6 is 0 Å². The highest BCUT2D eigenvalue weighted by Gasteiger charge is 2.47. The van der Waals surface area contributed by atoms with Crippen molar-refractivity contribution in [2.75, 3.05) is 9.80 Å². The zero-order valence-electron chi connectivity index (χ0n) is 34.7. The summed E-state index contributed by atoms with van der Waals surface area (Å²) in [6.07, 6.45) is 0. The van der Waals surface area contributed by atoms with Crippen LogP contribution in [0.1, 0.15) is 54.2 Å². The summed E-state index contributed by atoms with van der Waals surface area (Å²) in [6, 6.07) is 80.3. The first-order valence-corrected chi connectivity index (χ1v) is 21.0. The Hall–Kier alpha value is -7.16. The van der Waals surface area contributed by atoms with Crippen molar-refractivity contribution in [1.82, 2.24) is 0 Å². The lowest BCUT2D eigenvalue weighted by atomic mass is 9.67. The lowest BCUT2D eigenvalue weighted by molar-refractivity contribution is 0.589. The number of rotatable bonds is 8. The molecule has 1 aliphatic rings. The Labute approximate surface area is 354 Å². The van der Waals surface area contributed by atoms with Crippen LogP contribution in [0.2, 0.25) is 0 Å². The standard InChI is InChI=1S/C58H48N2/c1-41-24-38-53-55(40-41)58(44-28-26-43(27-29-44)57(2,3)4,54-39-25-42-16-14-15-23-52(42)56(53)54)45-30-32-49(33-31-45)60(48-21-12-7-13-22-48)51-36-34-50(35-37-51)59(46-17-8-5-9-18-46)47-19-10-6-11-20-47/h5-40H,1-4H3. The van der Waals surface area contributed by atoms with Crippen LogP contribution in [0.15, 0.2) is 218 Å². The molecule has 0 N–H and O–H groups in total. The summed E-state index contributed by atoms with van der Waals surface area (Å²) in [5, 5.41) is 2.55. The Bertz CT molecular complexity index is 2890. The minimum Gasteiger partial charge on any atom is -0.311 e. The van der Waals surface area contributed by atoms with Crippen LogP contribution in [0.25, 0.3) is 21.9 Å². The Balaban J connectivity index is 1.13. The molecular formula is C58H48N2. The van der Waals surface area contributed by atoms with Crippen molar-refractivity contribution in [1.29, 1.82) is 0 Å². The second-order valence-electron chi connectivity index (χ2n) is 17.1. The van der Waals surface area contributed by atoms with Gasteiger partial charge in [0.15, 0.2) is 0 Å². The van der Waals surface area contributed by atoms with Gasteiger partial charge in [-0.05, 0) is 135 Å². The van der Waals surface area contributed by atoms with Crippen molar-refractivity contribution in [3.05, 3.63) is 252 Å². The molecular weight excluding hydrogens is 725 g/mol. The highest BCUT2D eigenvalue weighted by atomic mass is 15.2. The summed E-state index contributed by atoms with van der Waals surface area (Å²) in [5.74, 6) is 0. The van der Waals surface area contributed by atoms with Crippen LogP contribution in [0.4, 0.5) is 34.1 Å². The van der Waals surface area contributed by atoms with Gasteiger partial charge >= 0.3 is 0 Å². The molecule has 1 unspecified atom stereocenters. The van der Waals surface area contributed by atoms with Crippen LogP contribution in [0.3, 0.4) is 0 Å². The first-order valence-electron chi connectivity index (χ1n) is 21.0.